The SMILES string of the molecule is [O-][n+]1ccnnc1.c1ccc(-c2ccccc2)cc1. The van der Waals surface area contributed by atoms with E-state index in [4.69, 9.17) is 0 Å². The van der Waals surface area contributed by atoms with Crippen molar-refractivity contribution in [1.29, 1.82) is 0 Å². The summed E-state index contributed by atoms with van der Waals surface area (Å²) in [4.78, 5) is 0. The van der Waals surface area contributed by atoms with Crippen LogP contribution in [0.1, 0.15) is 0 Å². The lowest BCUT2D eigenvalue weighted by molar-refractivity contribution is -0.609. The van der Waals surface area contributed by atoms with Crippen molar-refractivity contribution in [3.8, 4) is 11.1 Å². The molecular weight excluding hydrogens is 238 g/mol. The zero-order chi connectivity index (χ0) is 13.3. The Balaban J connectivity index is 0.000000163. The number of aromatic nitrogens is 3. The first kappa shape index (κ1) is 12.7. The molecule has 0 aliphatic carbocycles. The topological polar surface area (TPSA) is 52.7 Å². The Kier molecular flexibility index (Phi) is 4.58. The summed E-state index contributed by atoms with van der Waals surface area (Å²) in [5, 5.41) is 16.7. The lowest BCUT2D eigenvalue weighted by atomic mass is 10.1. The fourth-order valence-electron chi connectivity index (χ4n) is 1.51. The summed E-state index contributed by atoms with van der Waals surface area (Å²) in [5.41, 5.74) is 2.55. The van der Waals surface area contributed by atoms with E-state index >= 15 is 0 Å². The van der Waals surface area contributed by atoms with Gasteiger partial charge in [-0.2, -0.15) is 0 Å². The Bertz CT molecular complexity index is 548. The van der Waals surface area contributed by atoms with E-state index in [2.05, 4.69) is 58.7 Å². The second kappa shape index (κ2) is 6.86. The molecule has 0 amide bonds. The van der Waals surface area contributed by atoms with Crippen LogP contribution in [0, 0.1) is 5.21 Å². The van der Waals surface area contributed by atoms with Gasteiger partial charge in [0.2, 0.25) is 0 Å². The molecule has 0 unspecified atom stereocenters. The number of hydrogen-bond acceptors (Lipinski definition) is 3. The molecule has 1 heterocycles. The summed E-state index contributed by atoms with van der Waals surface area (Å²) < 4.78 is 0.576. The molecule has 4 heteroatoms. The second-order valence-electron chi connectivity index (χ2n) is 3.74. The van der Waals surface area contributed by atoms with Crippen molar-refractivity contribution in [2.45, 2.75) is 0 Å². The maximum Gasteiger partial charge on any atom is 0.317 e. The Labute approximate surface area is 111 Å². The average molecular weight is 251 g/mol. The van der Waals surface area contributed by atoms with Crippen LogP contribution in [-0.2, 0) is 0 Å². The number of hydrogen-bond donors (Lipinski definition) is 0. The first-order chi connectivity index (χ1) is 9.36. The third kappa shape index (κ3) is 4.20. The second-order valence-corrected chi connectivity index (χ2v) is 3.74. The largest absolute Gasteiger partial charge is 0.711 e. The third-order valence-corrected chi connectivity index (χ3v) is 2.39. The Hall–Kier alpha value is -2.75. The molecule has 19 heavy (non-hydrogen) atoms. The lowest BCUT2D eigenvalue weighted by Gasteiger charge is -1.98. The van der Waals surface area contributed by atoms with Gasteiger partial charge in [0.25, 0.3) is 0 Å². The van der Waals surface area contributed by atoms with E-state index in [1.165, 1.54) is 23.5 Å². The van der Waals surface area contributed by atoms with Gasteiger partial charge >= 0.3 is 6.33 Å². The quantitative estimate of drug-likeness (QED) is 0.493. The summed E-state index contributed by atoms with van der Waals surface area (Å²) in [5.74, 6) is 0. The van der Waals surface area contributed by atoms with Crippen molar-refractivity contribution < 1.29 is 4.73 Å². The summed E-state index contributed by atoms with van der Waals surface area (Å²) >= 11 is 0. The fraction of sp³-hybridized carbons (Fsp3) is 0. The summed E-state index contributed by atoms with van der Waals surface area (Å²) in [7, 11) is 0. The minimum absolute atomic E-state index is 0.576. The Morgan fingerprint density at radius 2 is 1.26 bits per heavy atom. The van der Waals surface area contributed by atoms with Crippen molar-refractivity contribution in [3.63, 3.8) is 0 Å². The molecule has 0 fully saturated rings. The summed E-state index contributed by atoms with van der Waals surface area (Å²) in [6, 6.07) is 20.8. The highest BCUT2D eigenvalue weighted by atomic mass is 16.5. The van der Waals surface area contributed by atoms with Crippen LogP contribution >= 0.6 is 0 Å². The standard InChI is InChI=1S/C12H10.C3H3N3O/c1-3-7-11(8-4-1)12-9-5-2-6-10-12;7-6-2-1-4-5-3-6/h1-10H;1-3H. The molecule has 0 saturated heterocycles. The van der Waals surface area contributed by atoms with E-state index in [1.54, 1.807) is 0 Å². The zero-order valence-electron chi connectivity index (χ0n) is 10.3. The van der Waals surface area contributed by atoms with Gasteiger partial charge in [0.1, 0.15) is 12.4 Å². The van der Waals surface area contributed by atoms with E-state index in [0.29, 0.717) is 4.73 Å². The van der Waals surface area contributed by atoms with Crippen LogP contribution in [0.2, 0.25) is 0 Å². The van der Waals surface area contributed by atoms with Crippen LogP contribution in [0.4, 0.5) is 0 Å². The van der Waals surface area contributed by atoms with Gasteiger partial charge in [0.15, 0.2) is 0 Å². The first-order valence-electron chi connectivity index (χ1n) is 5.82. The predicted octanol–water partition coefficient (Wildman–Crippen LogP) is 2.46. The molecule has 0 bridgehead atoms. The van der Waals surface area contributed by atoms with Gasteiger partial charge in [-0.3, -0.25) is 0 Å². The highest BCUT2D eigenvalue weighted by molar-refractivity contribution is 5.62. The van der Waals surface area contributed by atoms with Crippen LogP contribution in [-0.4, -0.2) is 10.2 Å². The van der Waals surface area contributed by atoms with Crippen molar-refractivity contribution in [2.75, 3.05) is 0 Å². The highest BCUT2D eigenvalue weighted by Crippen LogP contribution is 2.17. The minimum atomic E-state index is 0.576. The maximum atomic E-state index is 10.1. The summed E-state index contributed by atoms with van der Waals surface area (Å²) in [6.45, 7) is 0. The van der Waals surface area contributed by atoms with E-state index in [-0.39, 0.29) is 0 Å². The molecule has 0 aliphatic heterocycles. The minimum Gasteiger partial charge on any atom is -0.711 e. The highest BCUT2D eigenvalue weighted by Gasteiger charge is 1.91. The average Bonchev–Trinajstić information content (AvgIpc) is 2.51. The molecule has 4 nitrogen and oxygen atoms in total. The third-order valence-electron chi connectivity index (χ3n) is 2.39. The van der Waals surface area contributed by atoms with E-state index in [1.807, 2.05) is 12.1 Å². The van der Waals surface area contributed by atoms with Crippen LogP contribution < -0.4 is 4.73 Å². The van der Waals surface area contributed by atoms with E-state index in [0.717, 1.165) is 6.33 Å². The predicted molar refractivity (Wildman–Crippen MR) is 72.9 cm³/mol. The lowest BCUT2D eigenvalue weighted by Crippen LogP contribution is -2.24. The molecule has 0 saturated carbocycles. The van der Waals surface area contributed by atoms with Crippen molar-refractivity contribution >= 4 is 0 Å². The molecule has 0 N–H and O–H groups in total. The monoisotopic (exact) mass is 251 g/mol. The van der Waals surface area contributed by atoms with Gasteiger partial charge in [0.05, 0.1) is 5.10 Å². The number of rotatable bonds is 1. The van der Waals surface area contributed by atoms with Crippen LogP contribution in [0.25, 0.3) is 11.1 Å². The van der Waals surface area contributed by atoms with Gasteiger partial charge < -0.3 is 5.21 Å². The molecule has 2 aromatic carbocycles. The van der Waals surface area contributed by atoms with E-state index < -0.39 is 0 Å². The summed E-state index contributed by atoms with van der Waals surface area (Å²) in [6.07, 6.45) is 3.68. The first-order valence-corrected chi connectivity index (χ1v) is 5.82. The number of benzene rings is 2. The van der Waals surface area contributed by atoms with Crippen molar-refractivity contribution in [3.05, 3.63) is 84.6 Å². The molecule has 0 atom stereocenters. The van der Waals surface area contributed by atoms with Gasteiger partial charge in [0, 0.05) is 0 Å². The van der Waals surface area contributed by atoms with Crippen molar-refractivity contribution in [1.82, 2.24) is 10.2 Å². The molecule has 3 rings (SSSR count). The van der Waals surface area contributed by atoms with Gasteiger partial charge in [-0.1, -0.05) is 60.7 Å². The van der Waals surface area contributed by atoms with Crippen molar-refractivity contribution in [2.24, 2.45) is 0 Å². The van der Waals surface area contributed by atoms with E-state index in [9.17, 15) is 5.21 Å². The zero-order valence-corrected chi connectivity index (χ0v) is 10.3. The van der Waals surface area contributed by atoms with Crippen LogP contribution in [0.15, 0.2) is 79.4 Å². The Morgan fingerprint density at radius 3 is 1.58 bits per heavy atom. The molecule has 0 radical (unpaired) electrons. The van der Waals surface area contributed by atoms with Gasteiger partial charge in [-0.15, -0.1) is 0 Å². The maximum absolute atomic E-state index is 10.1. The van der Waals surface area contributed by atoms with Crippen LogP contribution in [0.5, 0.6) is 0 Å². The molecular formula is C15H13N3O. The number of nitrogens with zero attached hydrogens (tertiary/aromatic N) is 3. The normalized spacial score (nSPS) is 9.26. The van der Waals surface area contributed by atoms with Crippen LogP contribution in [0.3, 0.4) is 0 Å². The van der Waals surface area contributed by atoms with Gasteiger partial charge in [-0.05, 0) is 16.2 Å². The molecule has 1 aromatic heterocycles. The smallest absolute Gasteiger partial charge is 0.317 e. The molecule has 0 aliphatic rings. The van der Waals surface area contributed by atoms with Gasteiger partial charge in [-0.25, -0.2) is 4.73 Å². The molecule has 0 spiro atoms. The molecule has 94 valence electrons. The fourth-order valence-corrected chi connectivity index (χ4v) is 1.51. The molecule has 3 aromatic rings. The Morgan fingerprint density at radius 1 is 0.737 bits per heavy atom.